The highest BCUT2D eigenvalue weighted by Gasteiger charge is 2.30. The van der Waals surface area contributed by atoms with Crippen molar-refractivity contribution in [3.8, 4) is 0 Å². The maximum atomic E-state index is 11.9. The summed E-state index contributed by atoms with van der Waals surface area (Å²) in [6, 6.07) is -0.146. The van der Waals surface area contributed by atoms with Gasteiger partial charge in [0.25, 0.3) is 0 Å². The van der Waals surface area contributed by atoms with Gasteiger partial charge in [-0.1, -0.05) is 13.8 Å². The number of nitrogens with two attached hydrogens (primary N) is 1. The van der Waals surface area contributed by atoms with E-state index in [-0.39, 0.29) is 17.4 Å². The van der Waals surface area contributed by atoms with Gasteiger partial charge in [-0.05, 0) is 31.8 Å². The van der Waals surface area contributed by atoms with E-state index >= 15 is 0 Å². The second-order valence-electron chi connectivity index (χ2n) is 5.64. The molecule has 18 heavy (non-hydrogen) atoms. The van der Waals surface area contributed by atoms with Crippen LogP contribution in [0.1, 0.15) is 27.2 Å². The number of likely N-dealkylation sites (N-methyl/N-ethyl adjacent to an activating group) is 1. The van der Waals surface area contributed by atoms with Gasteiger partial charge in [-0.25, -0.2) is 0 Å². The molecule has 1 unspecified atom stereocenters. The molecule has 1 heterocycles. The molecule has 0 spiro atoms. The summed E-state index contributed by atoms with van der Waals surface area (Å²) in [5.41, 5.74) is 5.87. The Morgan fingerprint density at radius 1 is 1.56 bits per heavy atom. The SMILES string of the molecule is CCNC(=O)C1COCCN1CCC(C)(C)CN. The number of nitrogens with zero attached hydrogens (tertiary/aromatic N) is 1. The van der Waals surface area contributed by atoms with Crippen molar-refractivity contribution in [1.82, 2.24) is 10.2 Å². The fourth-order valence-electron chi connectivity index (χ4n) is 1.99. The van der Waals surface area contributed by atoms with Crippen molar-refractivity contribution in [1.29, 1.82) is 0 Å². The van der Waals surface area contributed by atoms with E-state index in [1.807, 2.05) is 6.92 Å². The number of rotatable bonds is 6. The van der Waals surface area contributed by atoms with E-state index in [0.29, 0.717) is 26.3 Å². The van der Waals surface area contributed by atoms with Crippen LogP contribution in [0, 0.1) is 5.41 Å². The molecule has 1 amide bonds. The van der Waals surface area contributed by atoms with Crippen molar-refractivity contribution < 1.29 is 9.53 Å². The van der Waals surface area contributed by atoms with Gasteiger partial charge in [0.15, 0.2) is 0 Å². The lowest BCUT2D eigenvalue weighted by molar-refractivity contribution is -0.132. The number of ether oxygens (including phenoxy) is 1. The quantitative estimate of drug-likeness (QED) is 0.713. The standard InChI is InChI=1S/C13H27N3O2/c1-4-15-12(17)11-9-18-8-7-16(11)6-5-13(2,3)10-14/h11H,4-10,14H2,1-3H3,(H,15,17). The van der Waals surface area contributed by atoms with E-state index in [0.717, 1.165) is 19.5 Å². The Bertz CT molecular complexity index is 269. The molecular formula is C13H27N3O2. The van der Waals surface area contributed by atoms with Crippen molar-refractivity contribution in [3.63, 3.8) is 0 Å². The van der Waals surface area contributed by atoms with Gasteiger partial charge in [-0.3, -0.25) is 9.69 Å². The summed E-state index contributed by atoms with van der Waals surface area (Å²) in [6.07, 6.45) is 0.999. The number of carbonyl (C=O) groups is 1. The smallest absolute Gasteiger partial charge is 0.239 e. The molecule has 0 aromatic rings. The first kappa shape index (κ1) is 15.4. The van der Waals surface area contributed by atoms with Gasteiger partial charge in [0, 0.05) is 13.1 Å². The van der Waals surface area contributed by atoms with Gasteiger partial charge >= 0.3 is 0 Å². The molecule has 0 saturated carbocycles. The van der Waals surface area contributed by atoms with Crippen LogP contribution in [0.3, 0.4) is 0 Å². The average molecular weight is 257 g/mol. The Morgan fingerprint density at radius 2 is 2.28 bits per heavy atom. The first-order valence-corrected chi connectivity index (χ1v) is 6.80. The van der Waals surface area contributed by atoms with E-state index in [4.69, 9.17) is 10.5 Å². The maximum Gasteiger partial charge on any atom is 0.239 e. The second kappa shape index (κ2) is 7.07. The third kappa shape index (κ3) is 4.55. The van der Waals surface area contributed by atoms with Crippen molar-refractivity contribution >= 4 is 5.91 Å². The van der Waals surface area contributed by atoms with Crippen LogP contribution in [0.5, 0.6) is 0 Å². The Hall–Kier alpha value is -0.650. The van der Waals surface area contributed by atoms with Crippen LogP contribution in [0.4, 0.5) is 0 Å². The first-order chi connectivity index (χ1) is 8.50. The van der Waals surface area contributed by atoms with E-state index in [2.05, 4.69) is 24.1 Å². The molecule has 0 aromatic carbocycles. The number of hydrogen-bond acceptors (Lipinski definition) is 4. The Labute approximate surface area is 110 Å². The van der Waals surface area contributed by atoms with Gasteiger partial charge in [0.1, 0.15) is 6.04 Å². The molecule has 1 fully saturated rings. The first-order valence-electron chi connectivity index (χ1n) is 6.80. The summed E-state index contributed by atoms with van der Waals surface area (Å²) in [5.74, 6) is 0.0720. The van der Waals surface area contributed by atoms with Crippen LogP contribution >= 0.6 is 0 Å². The lowest BCUT2D eigenvalue weighted by Gasteiger charge is -2.36. The van der Waals surface area contributed by atoms with E-state index < -0.39 is 0 Å². The fraction of sp³-hybridized carbons (Fsp3) is 0.923. The minimum atomic E-state index is -0.146. The summed E-state index contributed by atoms with van der Waals surface area (Å²) < 4.78 is 5.41. The number of morpholine rings is 1. The van der Waals surface area contributed by atoms with Crippen molar-refractivity contribution in [3.05, 3.63) is 0 Å². The van der Waals surface area contributed by atoms with Crippen LogP contribution in [-0.2, 0) is 9.53 Å². The Kier molecular flexibility index (Phi) is 6.05. The third-order valence-corrected chi connectivity index (χ3v) is 3.52. The zero-order chi connectivity index (χ0) is 13.6. The molecule has 1 aliphatic heterocycles. The highest BCUT2D eigenvalue weighted by molar-refractivity contribution is 5.81. The predicted octanol–water partition coefficient (Wildman–Crippen LogP) is 0.198. The van der Waals surface area contributed by atoms with Gasteiger partial charge in [-0.2, -0.15) is 0 Å². The largest absolute Gasteiger partial charge is 0.378 e. The normalized spacial score (nSPS) is 21.9. The van der Waals surface area contributed by atoms with Gasteiger partial charge in [0.05, 0.1) is 13.2 Å². The molecule has 0 aromatic heterocycles. The molecule has 0 bridgehead atoms. The summed E-state index contributed by atoms with van der Waals surface area (Å²) in [5, 5.41) is 2.87. The van der Waals surface area contributed by atoms with E-state index in [1.165, 1.54) is 0 Å². The molecule has 0 aliphatic carbocycles. The molecule has 0 radical (unpaired) electrons. The lowest BCUT2D eigenvalue weighted by Crippen LogP contribution is -2.54. The van der Waals surface area contributed by atoms with Crippen molar-refractivity contribution in [2.75, 3.05) is 39.4 Å². The van der Waals surface area contributed by atoms with E-state index in [1.54, 1.807) is 0 Å². The highest BCUT2D eigenvalue weighted by atomic mass is 16.5. The van der Waals surface area contributed by atoms with Gasteiger partial charge in [0.2, 0.25) is 5.91 Å². The molecule has 1 atom stereocenters. The van der Waals surface area contributed by atoms with Crippen LogP contribution in [-0.4, -0.2) is 56.2 Å². The van der Waals surface area contributed by atoms with Crippen molar-refractivity contribution in [2.24, 2.45) is 11.1 Å². The minimum Gasteiger partial charge on any atom is -0.378 e. The van der Waals surface area contributed by atoms with Gasteiger partial charge in [-0.15, -0.1) is 0 Å². The zero-order valence-electron chi connectivity index (χ0n) is 11.9. The number of amides is 1. The lowest BCUT2D eigenvalue weighted by atomic mass is 9.89. The number of carbonyl (C=O) groups excluding carboxylic acids is 1. The van der Waals surface area contributed by atoms with Crippen LogP contribution in [0.25, 0.3) is 0 Å². The van der Waals surface area contributed by atoms with Crippen molar-refractivity contribution in [2.45, 2.75) is 33.2 Å². The molecule has 1 rings (SSSR count). The maximum absolute atomic E-state index is 11.9. The molecule has 5 heteroatoms. The van der Waals surface area contributed by atoms with E-state index in [9.17, 15) is 4.79 Å². The second-order valence-corrected chi connectivity index (χ2v) is 5.64. The predicted molar refractivity (Wildman–Crippen MR) is 72.3 cm³/mol. The topological polar surface area (TPSA) is 67.6 Å². The number of hydrogen-bond donors (Lipinski definition) is 2. The average Bonchev–Trinajstić information content (AvgIpc) is 2.37. The Balaban J connectivity index is 2.52. The fourth-order valence-corrected chi connectivity index (χ4v) is 1.99. The summed E-state index contributed by atoms with van der Waals surface area (Å²) in [7, 11) is 0. The molecule has 5 nitrogen and oxygen atoms in total. The molecule has 3 N–H and O–H groups in total. The summed E-state index contributed by atoms with van der Waals surface area (Å²) in [4.78, 5) is 14.2. The van der Waals surface area contributed by atoms with Crippen LogP contribution in [0.15, 0.2) is 0 Å². The van der Waals surface area contributed by atoms with Crippen LogP contribution in [0.2, 0.25) is 0 Å². The molecule has 1 saturated heterocycles. The minimum absolute atomic E-state index is 0.0720. The molecule has 106 valence electrons. The third-order valence-electron chi connectivity index (χ3n) is 3.52. The summed E-state index contributed by atoms with van der Waals surface area (Å²) in [6.45, 7) is 10.5. The Morgan fingerprint density at radius 3 is 2.89 bits per heavy atom. The number of nitrogens with one attached hydrogen (secondary N) is 1. The van der Waals surface area contributed by atoms with Gasteiger partial charge < -0.3 is 15.8 Å². The molecule has 1 aliphatic rings. The highest BCUT2D eigenvalue weighted by Crippen LogP contribution is 2.20. The zero-order valence-corrected chi connectivity index (χ0v) is 11.9. The van der Waals surface area contributed by atoms with Crippen LogP contribution < -0.4 is 11.1 Å². The molecular weight excluding hydrogens is 230 g/mol. The summed E-state index contributed by atoms with van der Waals surface area (Å²) >= 11 is 0. The monoisotopic (exact) mass is 257 g/mol.